The number of thioether (sulfide) groups is 1. The average Bonchev–Trinajstić information content (AvgIpc) is 3.09. The molecule has 0 spiro atoms. The second kappa shape index (κ2) is 7.17. The van der Waals surface area contributed by atoms with E-state index in [0.717, 1.165) is 0 Å². The summed E-state index contributed by atoms with van der Waals surface area (Å²) >= 11 is 7.43. The average molecular weight is 401 g/mol. The topological polar surface area (TPSA) is 52.2 Å². The van der Waals surface area contributed by atoms with Crippen LogP contribution < -0.4 is 5.56 Å². The highest BCUT2D eigenvalue weighted by atomic mass is 35.5. The molecule has 136 valence electrons. The Kier molecular flexibility index (Phi) is 4.72. The van der Waals surface area contributed by atoms with Gasteiger partial charge in [-0.1, -0.05) is 47.6 Å². The Morgan fingerprint density at radius 2 is 2.00 bits per heavy atom. The largest absolute Gasteiger partial charge is 0.272 e. The fourth-order valence-electron chi connectivity index (χ4n) is 2.93. The van der Waals surface area contributed by atoms with Crippen LogP contribution >= 0.6 is 23.4 Å². The molecule has 2 aromatic carbocycles. The highest BCUT2D eigenvalue weighted by Gasteiger charge is 2.17. The van der Waals surface area contributed by atoms with Crippen molar-refractivity contribution in [2.24, 2.45) is 0 Å². The molecule has 0 saturated carbocycles. The Morgan fingerprint density at radius 1 is 1.19 bits per heavy atom. The van der Waals surface area contributed by atoms with Crippen molar-refractivity contribution in [3.8, 4) is 0 Å². The van der Waals surface area contributed by atoms with Crippen LogP contribution in [0.4, 0.5) is 4.39 Å². The lowest BCUT2D eigenvalue weighted by Crippen LogP contribution is -2.22. The minimum absolute atomic E-state index is 0.154. The molecule has 2 aromatic heterocycles. The third kappa shape index (κ3) is 3.02. The van der Waals surface area contributed by atoms with Gasteiger partial charge in [-0.2, -0.15) is 0 Å². The van der Waals surface area contributed by atoms with Crippen molar-refractivity contribution in [2.45, 2.75) is 17.5 Å². The normalized spacial score (nSPS) is 11.3. The molecule has 0 radical (unpaired) electrons. The number of aromatic nitrogens is 4. The molecular formula is C19H14ClFN4OS. The molecule has 5 nitrogen and oxygen atoms in total. The van der Waals surface area contributed by atoms with Crippen molar-refractivity contribution in [3.05, 3.63) is 81.9 Å². The van der Waals surface area contributed by atoms with Crippen LogP contribution in [0.25, 0.3) is 16.7 Å². The standard InChI is InChI=1S/C19H14ClFN4OS/c1-2-10-24-17(26)12-6-3-4-9-16(12)25-18(24)22-23-19(25)27-11-13-14(20)7-5-8-15(13)21/h2-9H,1,10-11H2. The van der Waals surface area contributed by atoms with Gasteiger partial charge in [-0.05, 0) is 24.3 Å². The zero-order chi connectivity index (χ0) is 19.0. The molecular weight excluding hydrogens is 387 g/mol. The quantitative estimate of drug-likeness (QED) is 0.370. The molecule has 4 aromatic rings. The second-order valence-electron chi connectivity index (χ2n) is 5.83. The maximum Gasteiger partial charge on any atom is 0.263 e. The van der Waals surface area contributed by atoms with Crippen molar-refractivity contribution in [1.29, 1.82) is 0 Å². The van der Waals surface area contributed by atoms with Gasteiger partial charge in [0.15, 0.2) is 5.16 Å². The van der Waals surface area contributed by atoms with Gasteiger partial charge in [0.25, 0.3) is 5.56 Å². The van der Waals surface area contributed by atoms with Crippen LogP contribution in [-0.2, 0) is 12.3 Å². The van der Waals surface area contributed by atoms with Crippen molar-refractivity contribution in [1.82, 2.24) is 19.2 Å². The van der Waals surface area contributed by atoms with Gasteiger partial charge in [0.05, 0.1) is 10.9 Å². The van der Waals surface area contributed by atoms with E-state index in [0.29, 0.717) is 44.7 Å². The molecule has 0 unspecified atom stereocenters. The lowest BCUT2D eigenvalue weighted by atomic mass is 10.2. The van der Waals surface area contributed by atoms with Gasteiger partial charge in [0.2, 0.25) is 5.78 Å². The zero-order valence-electron chi connectivity index (χ0n) is 14.1. The van der Waals surface area contributed by atoms with Crippen molar-refractivity contribution >= 4 is 40.0 Å². The molecule has 0 bridgehead atoms. The molecule has 0 aliphatic carbocycles. The number of para-hydroxylation sites is 1. The predicted molar refractivity (Wildman–Crippen MR) is 106 cm³/mol. The van der Waals surface area contributed by atoms with E-state index < -0.39 is 0 Å². The minimum Gasteiger partial charge on any atom is -0.272 e. The maximum atomic E-state index is 14.1. The monoisotopic (exact) mass is 400 g/mol. The number of fused-ring (bicyclic) bond motifs is 3. The summed E-state index contributed by atoms with van der Waals surface area (Å²) in [5.41, 5.74) is 0.952. The Morgan fingerprint density at radius 3 is 2.78 bits per heavy atom. The smallest absolute Gasteiger partial charge is 0.263 e. The van der Waals surface area contributed by atoms with Gasteiger partial charge in [-0.15, -0.1) is 16.8 Å². The maximum absolute atomic E-state index is 14.1. The fourth-order valence-corrected chi connectivity index (χ4v) is 4.21. The number of benzene rings is 2. The summed E-state index contributed by atoms with van der Waals surface area (Å²) in [6, 6.07) is 11.9. The molecule has 0 N–H and O–H groups in total. The van der Waals surface area contributed by atoms with Gasteiger partial charge in [-0.3, -0.25) is 13.8 Å². The lowest BCUT2D eigenvalue weighted by molar-refractivity contribution is 0.617. The molecule has 0 aliphatic heterocycles. The predicted octanol–water partition coefficient (Wildman–Crippen LogP) is 4.32. The van der Waals surface area contributed by atoms with Gasteiger partial charge in [0, 0.05) is 22.9 Å². The van der Waals surface area contributed by atoms with Crippen LogP contribution in [-0.4, -0.2) is 19.2 Å². The summed E-state index contributed by atoms with van der Waals surface area (Å²) in [6.07, 6.45) is 1.64. The molecule has 4 rings (SSSR count). The van der Waals surface area contributed by atoms with E-state index in [2.05, 4.69) is 16.8 Å². The summed E-state index contributed by atoms with van der Waals surface area (Å²) in [4.78, 5) is 12.8. The molecule has 0 aliphatic rings. The van der Waals surface area contributed by atoms with E-state index in [1.807, 2.05) is 18.2 Å². The summed E-state index contributed by atoms with van der Waals surface area (Å²) in [5.74, 6) is 0.347. The van der Waals surface area contributed by atoms with E-state index in [9.17, 15) is 9.18 Å². The van der Waals surface area contributed by atoms with Crippen LogP contribution in [0.2, 0.25) is 5.02 Å². The number of allylic oxidation sites excluding steroid dienone is 1. The first-order valence-corrected chi connectivity index (χ1v) is 9.51. The van der Waals surface area contributed by atoms with Gasteiger partial charge >= 0.3 is 0 Å². The molecule has 0 amide bonds. The Balaban J connectivity index is 1.87. The molecule has 0 saturated heterocycles. The summed E-state index contributed by atoms with van der Waals surface area (Å²) < 4.78 is 17.4. The number of hydrogen-bond acceptors (Lipinski definition) is 4. The molecule has 0 fully saturated rings. The van der Waals surface area contributed by atoms with E-state index in [1.165, 1.54) is 22.4 Å². The summed E-state index contributed by atoms with van der Waals surface area (Å²) in [7, 11) is 0. The van der Waals surface area contributed by atoms with Gasteiger partial charge < -0.3 is 0 Å². The van der Waals surface area contributed by atoms with Gasteiger partial charge in [0.1, 0.15) is 5.82 Å². The highest BCUT2D eigenvalue weighted by Crippen LogP contribution is 2.29. The Hall–Kier alpha value is -2.64. The number of hydrogen-bond donors (Lipinski definition) is 0. The second-order valence-corrected chi connectivity index (χ2v) is 7.18. The Bertz CT molecular complexity index is 1210. The SMILES string of the molecule is C=CCn1c(=O)c2ccccc2n2c(SCc3c(F)cccc3Cl)nnc12. The van der Waals surface area contributed by atoms with Crippen LogP contribution in [0, 0.1) is 5.82 Å². The third-order valence-corrected chi connectivity index (χ3v) is 5.51. The molecule has 27 heavy (non-hydrogen) atoms. The molecule has 8 heteroatoms. The first-order chi connectivity index (χ1) is 13.1. The van der Waals surface area contributed by atoms with Crippen molar-refractivity contribution in [3.63, 3.8) is 0 Å². The summed E-state index contributed by atoms with van der Waals surface area (Å²) in [5, 5.41) is 9.88. The van der Waals surface area contributed by atoms with Crippen LogP contribution in [0.1, 0.15) is 5.56 Å². The van der Waals surface area contributed by atoms with Crippen LogP contribution in [0.15, 0.2) is 65.1 Å². The number of rotatable bonds is 5. The van der Waals surface area contributed by atoms with Crippen molar-refractivity contribution in [2.75, 3.05) is 0 Å². The first kappa shape index (κ1) is 17.8. The molecule has 0 atom stereocenters. The summed E-state index contributed by atoms with van der Waals surface area (Å²) in [6.45, 7) is 4.02. The zero-order valence-corrected chi connectivity index (χ0v) is 15.7. The first-order valence-electron chi connectivity index (χ1n) is 8.15. The highest BCUT2D eigenvalue weighted by molar-refractivity contribution is 7.98. The Labute approximate surface area is 163 Å². The fraction of sp³-hybridized carbons (Fsp3) is 0.105. The van der Waals surface area contributed by atoms with Crippen LogP contribution in [0.3, 0.4) is 0 Å². The van der Waals surface area contributed by atoms with E-state index >= 15 is 0 Å². The number of halogens is 2. The molecule has 2 heterocycles. The van der Waals surface area contributed by atoms with E-state index in [4.69, 9.17) is 11.6 Å². The van der Waals surface area contributed by atoms with Crippen molar-refractivity contribution < 1.29 is 4.39 Å². The number of nitrogens with zero attached hydrogens (tertiary/aromatic N) is 4. The minimum atomic E-state index is -0.364. The lowest BCUT2D eigenvalue weighted by Gasteiger charge is -2.10. The van der Waals surface area contributed by atoms with E-state index in [1.54, 1.807) is 28.7 Å². The van der Waals surface area contributed by atoms with Gasteiger partial charge in [-0.25, -0.2) is 4.39 Å². The van der Waals surface area contributed by atoms with E-state index in [-0.39, 0.29) is 11.4 Å². The third-order valence-electron chi connectivity index (χ3n) is 4.20. The van der Waals surface area contributed by atoms with Crippen LogP contribution in [0.5, 0.6) is 0 Å².